The second-order valence-electron chi connectivity index (χ2n) is 6.79. The van der Waals surface area contributed by atoms with Crippen LogP contribution in [0.2, 0.25) is 5.02 Å². The molecule has 152 valence electrons. The molecule has 1 aliphatic heterocycles. The summed E-state index contributed by atoms with van der Waals surface area (Å²) in [7, 11) is 1.48. The highest BCUT2D eigenvalue weighted by atomic mass is 35.5. The molecule has 1 fully saturated rings. The number of aromatic hydroxyl groups is 1. The van der Waals surface area contributed by atoms with Crippen molar-refractivity contribution in [2.75, 3.05) is 13.7 Å². The summed E-state index contributed by atoms with van der Waals surface area (Å²) >= 11 is 6.16. The van der Waals surface area contributed by atoms with E-state index in [1.54, 1.807) is 24.3 Å². The number of unbranched alkanes of at least 4 members (excludes halogenated alkanes) is 1. The number of hydrogen-bond acceptors (Lipinski definition) is 5. The van der Waals surface area contributed by atoms with E-state index in [0.29, 0.717) is 23.4 Å². The first-order chi connectivity index (χ1) is 13.9. The third-order valence-corrected chi connectivity index (χ3v) is 5.22. The largest absolute Gasteiger partial charge is 0.508 e. The van der Waals surface area contributed by atoms with Crippen molar-refractivity contribution in [3.05, 3.63) is 64.2 Å². The Morgan fingerprint density at radius 2 is 1.86 bits per heavy atom. The van der Waals surface area contributed by atoms with E-state index in [1.807, 2.05) is 6.92 Å². The van der Waals surface area contributed by atoms with E-state index in [-0.39, 0.29) is 22.1 Å². The molecule has 1 heterocycles. The summed E-state index contributed by atoms with van der Waals surface area (Å²) in [5.74, 6) is -1.20. The van der Waals surface area contributed by atoms with Crippen molar-refractivity contribution in [1.82, 2.24) is 4.90 Å². The van der Waals surface area contributed by atoms with E-state index < -0.39 is 17.7 Å². The van der Waals surface area contributed by atoms with Crippen LogP contribution in [-0.4, -0.2) is 40.5 Å². The number of carbonyl (C=O) groups is 2. The summed E-state index contributed by atoms with van der Waals surface area (Å²) in [4.78, 5) is 27.0. The molecule has 3 rings (SSSR count). The van der Waals surface area contributed by atoms with Crippen molar-refractivity contribution in [2.24, 2.45) is 0 Å². The van der Waals surface area contributed by atoms with Crippen LogP contribution < -0.4 is 4.74 Å². The van der Waals surface area contributed by atoms with Crippen molar-refractivity contribution in [2.45, 2.75) is 25.8 Å². The number of aliphatic hydroxyl groups excluding tert-OH is 1. The van der Waals surface area contributed by atoms with E-state index in [1.165, 1.54) is 30.2 Å². The zero-order valence-corrected chi connectivity index (χ0v) is 16.9. The van der Waals surface area contributed by atoms with Crippen LogP contribution in [0.3, 0.4) is 0 Å². The van der Waals surface area contributed by atoms with Gasteiger partial charge in [0.1, 0.15) is 17.3 Å². The molecule has 0 aliphatic carbocycles. The average Bonchev–Trinajstić information content (AvgIpc) is 2.96. The smallest absolute Gasteiger partial charge is 0.295 e. The lowest BCUT2D eigenvalue weighted by Gasteiger charge is -2.25. The summed E-state index contributed by atoms with van der Waals surface area (Å²) in [6, 6.07) is 10.1. The number of methoxy groups -OCH3 is 1. The predicted octanol–water partition coefficient (Wildman–Crippen LogP) is 4.28. The fraction of sp³-hybridized carbons (Fsp3) is 0.273. The first kappa shape index (κ1) is 20.7. The highest BCUT2D eigenvalue weighted by Crippen LogP contribution is 2.40. The molecule has 1 amide bonds. The zero-order valence-electron chi connectivity index (χ0n) is 16.2. The van der Waals surface area contributed by atoms with E-state index in [4.69, 9.17) is 16.3 Å². The van der Waals surface area contributed by atoms with Crippen molar-refractivity contribution in [3.8, 4) is 11.5 Å². The second-order valence-corrected chi connectivity index (χ2v) is 7.19. The number of amides is 1. The van der Waals surface area contributed by atoms with Crippen LogP contribution in [0.4, 0.5) is 0 Å². The zero-order chi connectivity index (χ0) is 21.1. The molecule has 2 aromatic rings. The van der Waals surface area contributed by atoms with Crippen molar-refractivity contribution < 1.29 is 24.5 Å². The van der Waals surface area contributed by atoms with Gasteiger partial charge in [0, 0.05) is 12.1 Å². The second kappa shape index (κ2) is 8.57. The van der Waals surface area contributed by atoms with E-state index in [9.17, 15) is 19.8 Å². The van der Waals surface area contributed by atoms with Crippen LogP contribution in [0.25, 0.3) is 5.76 Å². The summed E-state index contributed by atoms with van der Waals surface area (Å²) in [5.41, 5.74) is 0.936. The van der Waals surface area contributed by atoms with Gasteiger partial charge in [-0.1, -0.05) is 37.1 Å². The van der Waals surface area contributed by atoms with Gasteiger partial charge in [0.25, 0.3) is 11.7 Å². The predicted molar refractivity (Wildman–Crippen MR) is 110 cm³/mol. The Labute approximate surface area is 174 Å². The third-order valence-electron chi connectivity index (χ3n) is 4.93. The highest BCUT2D eigenvalue weighted by Gasteiger charge is 2.45. The Bertz CT molecular complexity index is 968. The van der Waals surface area contributed by atoms with E-state index in [2.05, 4.69) is 0 Å². The van der Waals surface area contributed by atoms with E-state index >= 15 is 0 Å². The molecule has 7 heteroatoms. The molecule has 1 aliphatic rings. The van der Waals surface area contributed by atoms with Crippen LogP contribution in [0.5, 0.6) is 11.5 Å². The van der Waals surface area contributed by atoms with Crippen molar-refractivity contribution >= 4 is 29.1 Å². The fourth-order valence-corrected chi connectivity index (χ4v) is 3.67. The number of ketones is 1. The molecule has 1 atom stereocenters. The Morgan fingerprint density at radius 1 is 1.17 bits per heavy atom. The lowest BCUT2D eigenvalue weighted by Crippen LogP contribution is -2.30. The highest BCUT2D eigenvalue weighted by molar-refractivity contribution is 6.46. The minimum absolute atomic E-state index is 0.00183. The Balaban J connectivity index is 2.15. The van der Waals surface area contributed by atoms with Crippen LogP contribution in [-0.2, 0) is 9.59 Å². The standard InChI is InChI=1S/C22H22ClNO5/c1-3-4-11-24-19(13-5-8-15(25)9-6-13)18(21(27)22(24)28)20(26)14-7-10-17(29-2)16(23)12-14/h5-10,12,19,25-26H,3-4,11H2,1-2H3/b20-18-. The molecular formula is C22H22ClNO5. The number of hydrogen-bond donors (Lipinski definition) is 2. The molecule has 0 aromatic heterocycles. The van der Waals surface area contributed by atoms with Gasteiger partial charge in [-0.25, -0.2) is 0 Å². The topological polar surface area (TPSA) is 87.1 Å². The number of benzene rings is 2. The maximum atomic E-state index is 12.8. The number of Topliss-reactive ketones (excluding diaryl/α,β-unsaturated/α-hetero) is 1. The summed E-state index contributed by atoms with van der Waals surface area (Å²) in [6.45, 7) is 2.37. The number of phenols is 1. The van der Waals surface area contributed by atoms with Gasteiger partial charge in [0.2, 0.25) is 0 Å². The molecule has 29 heavy (non-hydrogen) atoms. The normalized spacial score (nSPS) is 18.3. The first-order valence-corrected chi connectivity index (χ1v) is 9.68. The van der Waals surface area contributed by atoms with Crippen LogP contribution >= 0.6 is 11.6 Å². The maximum absolute atomic E-state index is 12.8. The average molecular weight is 416 g/mol. The molecule has 0 saturated carbocycles. The fourth-order valence-electron chi connectivity index (χ4n) is 3.41. The first-order valence-electron chi connectivity index (χ1n) is 9.30. The number of ether oxygens (including phenoxy) is 1. The molecule has 0 radical (unpaired) electrons. The molecule has 1 unspecified atom stereocenters. The lowest BCUT2D eigenvalue weighted by atomic mass is 9.95. The number of nitrogens with zero attached hydrogens (tertiary/aromatic N) is 1. The number of rotatable bonds is 6. The summed E-state index contributed by atoms with van der Waals surface area (Å²) in [5, 5.41) is 20.8. The Morgan fingerprint density at radius 3 is 2.45 bits per heavy atom. The van der Waals surface area contributed by atoms with Gasteiger partial charge in [0.15, 0.2) is 0 Å². The number of phenolic OH excluding ortho intramolecular Hbond substituents is 1. The molecule has 0 spiro atoms. The van der Waals surface area contributed by atoms with Crippen LogP contribution in [0.15, 0.2) is 48.0 Å². The van der Waals surface area contributed by atoms with Crippen LogP contribution in [0, 0.1) is 0 Å². The van der Waals surface area contributed by atoms with Gasteiger partial charge in [-0.3, -0.25) is 9.59 Å². The molecule has 1 saturated heterocycles. The SMILES string of the molecule is CCCCN1C(=O)C(=O)/C(=C(\O)c2ccc(OC)c(Cl)c2)C1c1ccc(O)cc1. The monoisotopic (exact) mass is 415 g/mol. The van der Waals surface area contributed by atoms with Gasteiger partial charge in [0.05, 0.1) is 23.7 Å². The molecule has 0 bridgehead atoms. The number of aliphatic hydroxyl groups is 1. The van der Waals surface area contributed by atoms with Crippen molar-refractivity contribution in [3.63, 3.8) is 0 Å². The van der Waals surface area contributed by atoms with Gasteiger partial charge in [-0.15, -0.1) is 0 Å². The summed E-state index contributed by atoms with van der Waals surface area (Å²) < 4.78 is 5.12. The molecule has 2 N–H and O–H groups in total. The lowest BCUT2D eigenvalue weighted by molar-refractivity contribution is -0.139. The maximum Gasteiger partial charge on any atom is 0.295 e. The van der Waals surface area contributed by atoms with Gasteiger partial charge in [-0.05, 0) is 42.3 Å². The van der Waals surface area contributed by atoms with Crippen LogP contribution in [0.1, 0.15) is 36.9 Å². The minimum atomic E-state index is -0.747. The van der Waals surface area contributed by atoms with Gasteiger partial charge < -0.3 is 19.8 Å². The molecule has 2 aromatic carbocycles. The Kier molecular flexibility index (Phi) is 6.13. The van der Waals surface area contributed by atoms with Crippen molar-refractivity contribution in [1.29, 1.82) is 0 Å². The Hall–Kier alpha value is -2.99. The van der Waals surface area contributed by atoms with Gasteiger partial charge in [-0.2, -0.15) is 0 Å². The number of likely N-dealkylation sites (tertiary alicyclic amines) is 1. The minimum Gasteiger partial charge on any atom is -0.508 e. The van der Waals surface area contributed by atoms with E-state index in [0.717, 1.165) is 12.8 Å². The van der Waals surface area contributed by atoms with Gasteiger partial charge >= 0.3 is 0 Å². The quantitative estimate of drug-likeness (QED) is 0.418. The number of carbonyl (C=O) groups excluding carboxylic acids is 2. The third kappa shape index (κ3) is 3.93. The number of halogens is 1. The summed E-state index contributed by atoms with van der Waals surface area (Å²) in [6.07, 6.45) is 1.56. The molecular weight excluding hydrogens is 394 g/mol. The molecule has 6 nitrogen and oxygen atoms in total.